The summed E-state index contributed by atoms with van der Waals surface area (Å²) >= 11 is 5.88. The van der Waals surface area contributed by atoms with E-state index in [2.05, 4.69) is 10.1 Å². The number of rotatable bonds is 2. The van der Waals surface area contributed by atoms with Gasteiger partial charge in [-0.05, 0) is 51.3 Å². The molecule has 0 spiro atoms. The van der Waals surface area contributed by atoms with Crippen molar-refractivity contribution < 1.29 is 18.0 Å². The molecule has 1 aromatic carbocycles. The second-order valence-electron chi connectivity index (χ2n) is 7.67. The van der Waals surface area contributed by atoms with Crippen LogP contribution in [-0.2, 0) is 6.18 Å². The molecule has 1 fully saturated rings. The Balaban J connectivity index is 1.83. The third kappa shape index (κ3) is 3.76. The van der Waals surface area contributed by atoms with Crippen molar-refractivity contribution in [1.29, 1.82) is 0 Å². The summed E-state index contributed by atoms with van der Waals surface area (Å²) in [6.07, 6.45) is -1.94. The molecule has 0 saturated carbocycles. The van der Waals surface area contributed by atoms with Gasteiger partial charge in [-0.15, -0.1) is 0 Å². The first-order valence-corrected chi connectivity index (χ1v) is 10.1. The number of alkyl halides is 3. The molecule has 0 unspecified atom stereocenters. The number of hydrogen-bond acceptors (Lipinski definition) is 3. The number of carbonyl (C=O) groups is 1. The van der Waals surface area contributed by atoms with E-state index in [0.29, 0.717) is 15.1 Å². The Morgan fingerprint density at radius 1 is 1.10 bits per heavy atom. The van der Waals surface area contributed by atoms with E-state index in [1.54, 1.807) is 29.2 Å². The van der Waals surface area contributed by atoms with Gasteiger partial charge in [0.15, 0.2) is 17.0 Å². The van der Waals surface area contributed by atoms with Crippen LogP contribution in [0.15, 0.2) is 36.4 Å². The second-order valence-corrected chi connectivity index (χ2v) is 8.11. The Morgan fingerprint density at radius 2 is 1.73 bits per heavy atom. The van der Waals surface area contributed by atoms with Crippen molar-refractivity contribution in [3.8, 4) is 11.3 Å². The van der Waals surface area contributed by atoms with Crippen molar-refractivity contribution in [3.05, 3.63) is 52.8 Å². The van der Waals surface area contributed by atoms with Crippen LogP contribution in [0.1, 0.15) is 49.3 Å². The van der Waals surface area contributed by atoms with E-state index < -0.39 is 11.9 Å². The zero-order chi connectivity index (χ0) is 21.6. The summed E-state index contributed by atoms with van der Waals surface area (Å²) in [6, 6.07) is 8.63. The maximum Gasteiger partial charge on any atom is 0.433 e. The minimum atomic E-state index is -4.67. The predicted octanol–water partition coefficient (Wildman–Crippen LogP) is 5.47. The van der Waals surface area contributed by atoms with Gasteiger partial charge in [-0.25, -0.2) is 9.50 Å². The molecule has 2 atom stereocenters. The SMILES string of the molecule is C[C@@H]1CCC[C@H](C)N1C(=O)c1cc2nc(-c3ccc(Cl)cc3)cc(C(F)(F)F)n2n1. The van der Waals surface area contributed by atoms with Crippen molar-refractivity contribution >= 4 is 23.2 Å². The molecule has 1 amide bonds. The van der Waals surface area contributed by atoms with E-state index in [9.17, 15) is 18.0 Å². The molecular formula is C21H20ClF3N4O. The van der Waals surface area contributed by atoms with E-state index in [0.717, 1.165) is 25.3 Å². The zero-order valence-electron chi connectivity index (χ0n) is 16.4. The average molecular weight is 437 g/mol. The first-order chi connectivity index (χ1) is 14.1. The summed E-state index contributed by atoms with van der Waals surface area (Å²) in [5.74, 6) is -0.374. The van der Waals surface area contributed by atoms with Crippen molar-refractivity contribution in [2.45, 2.75) is 51.4 Å². The fourth-order valence-electron chi connectivity index (χ4n) is 4.00. The molecule has 0 N–H and O–H groups in total. The minimum Gasteiger partial charge on any atom is -0.332 e. The molecular weight excluding hydrogens is 417 g/mol. The number of amides is 1. The molecule has 158 valence electrons. The second kappa shape index (κ2) is 7.58. The first-order valence-electron chi connectivity index (χ1n) is 9.72. The van der Waals surface area contributed by atoms with Crippen LogP contribution in [0.4, 0.5) is 13.2 Å². The number of hydrogen-bond donors (Lipinski definition) is 0. The molecule has 0 bridgehead atoms. The van der Waals surface area contributed by atoms with Crippen molar-refractivity contribution in [2.75, 3.05) is 0 Å². The lowest BCUT2D eigenvalue weighted by Crippen LogP contribution is -2.47. The summed E-state index contributed by atoms with van der Waals surface area (Å²) < 4.78 is 42.0. The molecule has 9 heteroatoms. The molecule has 1 saturated heterocycles. The van der Waals surface area contributed by atoms with Gasteiger partial charge in [0, 0.05) is 28.7 Å². The van der Waals surface area contributed by atoms with Crippen LogP contribution in [0.2, 0.25) is 5.02 Å². The fraction of sp³-hybridized carbons (Fsp3) is 0.381. The number of fused-ring (bicyclic) bond motifs is 1. The summed E-state index contributed by atoms with van der Waals surface area (Å²) in [4.78, 5) is 19.1. The van der Waals surface area contributed by atoms with E-state index in [1.165, 1.54) is 6.07 Å². The lowest BCUT2D eigenvalue weighted by atomic mass is 9.97. The molecule has 0 radical (unpaired) electrons. The topological polar surface area (TPSA) is 50.5 Å². The van der Waals surface area contributed by atoms with Crippen molar-refractivity contribution in [1.82, 2.24) is 19.5 Å². The van der Waals surface area contributed by atoms with Gasteiger partial charge in [0.1, 0.15) is 0 Å². The predicted molar refractivity (Wildman–Crippen MR) is 107 cm³/mol. The van der Waals surface area contributed by atoms with E-state index in [1.807, 2.05) is 13.8 Å². The Bertz CT molecular complexity index is 1080. The molecule has 3 heterocycles. The Labute approximate surface area is 176 Å². The number of carbonyl (C=O) groups excluding carboxylic acids is 1. The highest BCUT2D eigenvalue weighted by Gasteiger charge is 2.37. The van der Waals surface area contributed by atoms with Crippen molar-refractivity contribution in [3.63, 3.8) is 0 Å². The standard InChI is InChI=1S/C21H20ClF3N4O/c1-12-4-3-5-13(2)28(12)20(30)17-11-19-26-16(14-6-8-15(22)9-7-14)10-18(21(23,24)25)29(19)27-17/h6-13H,3-5H2,1-2H3/t12-,13+. The highest BCUT2D eigenvalue weighted by Crippen LogP contribution is 2.33. The highest BCUT2D eigenvalue weighted by atomic mass is 35.5. The van der Waals surface area contributed by atoms with Gasteiger partial charge in [-0.1, -0.05) is 23.7 Å². The number of nitrogens with zero attached hydrogens (tertiary/aromatic N) is 4. The quantitative estimate of drug-likeness (QED) is 0.535. The summed E-state index contributed by atoms with van der Waals surface area (Å²) in [6.45, 7) is 3.89. The lowest BCUT2D eigenvalue weighted by molar-refractivity contribution is -0.142. The minimum absolute atomic E-state index is 0.00531. The van der Waals surface area contributed by atoms with Crippen LogP contribution in [0.25, 0.3) is 16.9 Å². The molecule has 30 heavy (non-hydrogen) atoms. The van der Waals surface area contributed by atoms with Gasteiger partial charge in [0.2, 0.25) is 0 Å². The van der Waals surface area contributed by atoms with Gasteiger partial charge in [-0.3, -0.25) is 4.79 Å². The summed E-state index contributed by atoms with van der Waals surface area (Å²) in [5.41, 5.74) is -0.446. The normalized spacial score (nSPS) is 20.0. The Kier molecular flexibility index (Phi) is 5.22. The van der Waals surface area contributed by atoms with Crippen LogP contribution in [0, 0.1) is 0 Å². The van der Waals surface area contributed by atoms with Gasteiger partial charge >= 0.3 is 6.18 Å². The lowest BCUT2D eigenvalue weighted by Gasteiger charge is -2.38. The Morgan fingerprint density at radius 3 is 2.33 bits per heavy atom. The van der Waals surface area contributed by atoms with Crippen LogP contribution in [0.3, 0.4) is 0 Å². The van der Waals surface area contributed by atoms with Crippen LogP contribution in [-0.4, -0.2) is 37.5 Å². The molecule has 0 aliphatic carbocycles. The van der Waals surface area contributed by atoms with E-state index in [-0.39, 0.29) is 35.0 Å². The smallest absolute Gasteiger partial charge is 0.332 e. The number of piperidine rings is 1. The molecule has 3 aromatic rings. The third-order valence-electron chi connectivity index (χ3n) is 5.50. The molecule has 5 nitrogen and oxygen atoms in total. The van der Waals surface area contributed by atoms with Crippen molar-refractivity contribution in [2.24, 2.45) is 0 Å². The first kappa shape index (κ1) is 20.7. The van der Waals surface area contributed by atoms with E-state index in [4.69, 9.17) is 11.6 Å². The zero-order valence-corrected chi connectivity index (χ0v) is 17.2. The maximum atomic E-state index is 13.8. The monoisotopic (exact) mass is 436 g/mol. The number of aromatic nitrogens is 3. The molecule has 1 aliphatic rings. The number of benzene rings is 1. The van der Waals surface area contributed by atoms with Crippen LogP contribution >= 0.6 is 11.6 Å². The summed E-state index contributed by atoms with van der Waals surface area (Å²) in [5, 5.41) is 4.46. The number of likely N-dealkylation sites (tertiary alicyclic amines) is 1. The summed E-state index contributed by atoms with van der Waals surface area (Å²) in [7, 11) is 0. The fourth-order valence-corrected chi connectivity index (χ4v) is 4.13. The van der Waals surface area contributed by atoms with Gasteiger partial charge in [-0.2, -0.15) is 18.3 Å². The van der Waals surface area contributed by atoms with E-state index >= 15 is 0 Å². The molecule has 2 aromatic heterocycles. The Hall–Kier alpha value is -2.61. The van der Waals surface area contributed by atoms with Crippen LogP contribution < -0.4 is 0 Å². The number of halogens is 4. The van der Waals surface area contributed by atoms with Gasteiger partial charge in [0.05, 0.1) is 5.69 Å². The van der Waals surface area contributed by atoms with Gasteiger partial charge < -0.3 is 4.90 Å². The van der Waals surface area contributed by atoms with Crippen LogP contribution in [0.5, 0.6) is 0 Å². The molecule has 4 rings (SSSR count). The molecule has 1 aliphatic heterocycles. The average Bonchev–Trinajstić information content (AvgIpc) is 3.11. The largest absolute Gasteiger partial charge is 0.433 e. The maximum absolute atomic E-state index is 13.8. The highest BCUT2D eigenvalue weighted by molar-refractivity contribution is 6.30. The third-order valence-corrected chi connectivity index (χ3v) is 5.76. The van der Waals surface area contributed by atoms with Gasteiger partial charge in [0.25, 0.3) is 5.91 Å².